The first-order chi connectivity index (χ1) is 11.7. The number of benzene rings is 2. The highest BCUT2D eigenvalue weighted by atomic mass is 16.6. The third-order valence-electron chi connectivity index (χ3n) is 3.65. The van der Waals surface area contributed by atoms with Gasteiger partial charge in [-0.1, -0.05) is 48.0 Å². The van der Waals surface area contributed by atoms with Crippen molar-refractivity contribution in [1.29, 1.82) is 0 Å². The van der Waals surface area contributed by atoms with E-state index in [-0.39, 0.29) is 5.78 Å². The second kappa shape index (κ2) is 7.47. The molecule has 0 saturated carbocycles. The Morgan fingerprint density at radius 2 is 1.64 bits per heavy atom. The predicted molar refractivity (Wildman–Crippen MR) is 101 cm³/mol. The van der Waals surface area contributed by atoms with Gasteiger partial charge in [0.15, 0.2) is 5.78 Å². The summed E-state index contributed by atoms with van der Waals surface area (Å²) in [5.41, 5.74) is 3.34. The van der Waals surface area contributed by atoms with Crippen molar-refractivity contribution in [2.24, 2.45) is 0 Å². The minimum atomic E-state index is -0.548. The lowest BCUT2D eigenvalue weighted by atomic mass is 9.94. The maximum Gasteiger partial charge on any atom is 0.331 e. The van der Waals surface area contributed by atoms with Crippen molar-refractivity contribution in [2.45, 2.75) is 40.2 Å². The molecular weight excluding hydrogens is 312 g/mol. The Hall–Kier alpha value is -2.68. The molecule has 0 saturated heterocycles. The summed E-state index contributed by atoms with van der Waals surface area (Å²) in [6, 6.07) is 13.1. The summed E-state index contributed by atoms with van der Waals surface area (Å²) < 4.78 is 5.28. The van der Waals surface area contributed by atoms with Gasteiger partial charge in [0.05, 0.1) is 0 Å². The van der Waals surface area contributed by atoms with Gasteiger partial charge in [0.25, 0.3) is 0 Å². The molecular formula is C22H24O3. The third kappa shape index (κ3) is 5.15. The van der Waals surface area contributed by atoms with E-state index in [1.165, 1.54) is 6.08 Å². The molecule has 25 heavy (non-hydrogen) atoms. The second-order valence-electron chi connectivity index (χ2n) is 7.10. The number of esters is 1. The molecule has 0 aromatic heterocycles. The van der Waals surface area contributed by atoms with Crippen molar-refractivity contribution in [3.05, 3.63) is 76.4 Å². The molecule has 0 bridgehead atoms. The van der Waals surface area contributed by atoms with Gasteiger partial charge in [-0.05, 0) is 51.8 Å². The lowest BCUT2D eigenvalue weighted by Crippen LogP contribution is -2.22. The van der Waals surface area contributed by atoms with E-state index in [0.29, 0.717) is 16.7 Å². The molecule has 2 rings (SSSR count). The van der Waals surface area contributed by atoms with E-state index in [9.17, 15) is 9.59 Å². The van der Waals surface area contributed by atoms with Crippen LogP contribution >= 0.6 is 0 Å². The van der Waals surface area contributed by atoms with Crippen LogP contribution in [0.2, 0.25) is 0 Å². The molecule has 3 heteroatoms. The first-order valence-corrected chi connectivity index (χ1v) is 8.29. The highest BCUT2D eigenvalue weighted by Crippen LogP contribution is 2.20. The Labute approximate surface area is 149 Å². The van der Waals surface area contributed by atoms with Gasteiger partial charge in [0.1, 0.15) is 5.60 Å². The Kier molecular flexibility index (Phi) is 5.58. The van der Waals surface area contributed by atoms with Crippen LogP contribution in [0, 0.1) is 13.8 Å². The summed E-state index contributed by atoms with van der Waals surface area (Å²) >= 11 is 0. The molecule has 0 atom stereocenters. The van der Waals surface area contributed by atoms with E-state index in [2.05, 4.69) is 0 Å². The molecule has 0 heterocycles. The maximum atomic E-state index is 12.9. The summed E-state index contributed by atoms with van der Waals surface area (Å²) in [6.07, 6.45) is 3.02. The van der Waals surface area contributed by atoms with E-state index in [0.717, 1.165) is 11.1 Å². The predicted octanol–water partition coefficient (Wildman–Crippen LogP) is 4.89. The molecule has 0 fully saturated rings. The Morgan fingerprint density at radius 1 is 0.960 bits per heavy atom. The van der Waals surface area contributed by atoms with E-state index < -0.39 is 11.6 Å². The number of aryl methyl sites for hydroxylation is 2. The summed E-state index contributed by atoms with van der Waals surface area (Å²) in [5.74, 6) is -0.481. The quantitative estimate of drug-likeness (QED) is 0.453. The number of carbonyl (C=O) groups excluding carboxylic acids is 2. The highest BCUT2D eigenvalue weighted by molar-refractivity contribution is 6.12. The Balaban J connectivity index is 2.37. The zero-order valence-corrected chi connectivity index (χ0v) is 15.4. The third-order valence-corrected chi connectivity index (χ3v) is 3.65. The largest absolute Gasteiger partial charge is 0.457 e. The number of hydrogen-bond acceptors (Lipinski definition) is 3. The first-order valence-electron chi connectivity index (χ1n) is 8.29. The maximum absolute atomic E-state index is 12.9. The average molecular weight is 336 g/mol. The van der Waals surface area contributed by atoms with E-state index in [1.807, 2.05) is 71.0 Å². The summed E-state index contributed by atoms with van der Waals surface area (Å²) in [6.45, 7) is 9.32. The van der Waals surface area contributed by atoms with Gasteiger partial charge in [-0.2, -0.15) is 0 Å². The van der Waals surface area contributed by atoms with E-state index >= 15 is 0 Å². The Bertz CT molecular complexity index is 823. The second-order valence-corrected chi connectivity index (χ2v) is 7.10. The number of hydrogen-bond donors (Lipinski definition) is 0. The fraction of sp³-hybridized carbons (Fsp3) is 0.273. The molecule has 0 spiro atoms. The van der Waals surface area contributed by atoms with Crippen molar-refractivity contribution in [2.75, 3.05) is 0 Å². The zero-order chi connectivity index (χ0) is 18.6. The Morgan fingerprint density at radius 3 is 2.28 bits per heavy atom. The standard InChI is InChI=1S/C22H24O3/c1-15-10-12-19(21(24)18-9-7-6-8-16(18)2)17(14-15)11-13-20(23)25-22(3,4)5/h6-14H,1-5H3/b13-11+. The summed E-state index contributed by atoms with van der Waals surface area (Å²) in [7, 11) is 0. The molecule has 0 aliphatic carbocycles. The van der Waals surface area contributed by atoms with Crippen LogP contribution < -0.4 is 0 Å². The van der Waals surface area contributed by atoms with Crippen molar-refractivity contribution < 1.29 is 14.3 Å². The molecule has 0 unspecified atom stereocenters. The molecule has 0 aliphatic heterocycles. The highest BCUT2D eigenvalue weighted by Gasteiger charge is 2.16. The number of ether oxygens (including phenoxy) is 1. The van der Waals surface area contributed by atoms with Crippen LogP contribution in [0.1, 0.15) is 53.4 Å². The molecule has 0 aliphatic rings. The van der Waals surface area contributed by atoms with Crippen molar-refractivity contribution in [3.8, 4) is 0 Å². The molecule has 0 radical (unpaired) electrons. The van der Waals surface area contributed by atoms with Gasteiger partial charge in [0, 0.05) is 17.2 Å². The molecule has 3 nitrogen and oxygen atoms in total. The fourth-order valence-electron chi connectivity index (χ4n) is 2.49. The lowest BCUT2D eigenvalue weighted by molar-refractivity contribution is -0.148. The topological polar surface area (TPSA) is 43.4 Å². The zero-order valence-electron chi connectivity index (χ0n) is 15.4. The molecule has 0 N–H and O–H groups in total. The molecule has 2 aromatic rings. The van der Waals surface area contributed by atoms with Crippen LogP contribution in [-0.2, 0) is 9.53 Å². The number of ketones is 1. The van der Waals surface area contributed by atoms with E-state index in [4.69, 9.17) is 4.74 Å². The summed E-state index contributed by atoms with van der Waals surface area (Å²) in [4.78, 5) is 24.9. The number of rotatable bonds is 4. The molecule has 130 valence electrons. The average Bonchev–Trinajstić information content (AvgIpc) is 2.51. The first kappa shape index (κ1) is 18.7. The monoisotopic (exact) mass is 336 g/mol. The summed E-state index contributed by atoms with van der Waals surface area (Å²) in [5, 5.41) is 0. The van der Waals surface area contributed by atoms with Crippen molar-refractivity contribution in [1.82, 2.24) is 0 Å². The van der Waals surface area contributed by atoms with Gasteiger partial charge < -0.3 is 4.74 Å². The van der Waals surface area contributed by atoms with Crippen molar-refractivity contribution >= 4 is 17.8 Å². The van der Waals surface area contributed by atoms with Crippen LogP contribution in [0.4, 0.5) is 0 Å². The SMILES string of the molecule is Cc1ccc(C(=O)c2ccccc2C)c(/C=C/C(=O)OC(C)(C)C)c1. The van der Waals surface area contributed by atoms with Crippen LogP contribution in [0.25, 0.3) is 6.08 Å². The molecule has 0 amide bonds. The van der Waals surface area contributed by atoms with Crippen LogP contribution in [-0.4, -0.2) is 17.4 Å². The van der Waals surface area contributed by atoms with Crippen molar-refractivity contribution in [3.63, 3.8) is 0 Å². The lowest BCUT2D eigenvalue weighted by Gasteiger charge is -2.18. The van der Waals surface area contributed by atoms with Gasteiger partial charge in [0.2, 0.25) is 0 Å². The normalized spacial score (nSPS) is 11.6. The van der Waals surface area contributed by atoms with Crippen LogP contribution in [0.5, 0.6) is 0 Å². The van der Waals surface area contributed by atoms with Gasteiger partial charge in [-0.25, -0.2) is 4.79 Å². The van der Waals surface area contributed by atoms with Crippen LogP contribution in [0.15, 0.2) is 48.5 Å². The van der Waals surface area contributed by atoms with E-state index in [1.54, 1.807) is 12.1 Å². The minimum Gasteiger partial charge on any atom is -0.457 e. The minimum absolute atomic E-state index is 0.0538. The number of carbonyl (C=O) groups is 2. The van der Waals surface area contributed by atoms with Crippen LogP contribution in [0.3, 0.4) is 0 Å². The van der Waals surface area contributed by atoms with Gasteiger partial charge >= 0.3 is 5.97 Å². The molecule has 2 aromatic carbocycles. The fourth-order valence-corrected chi connectivity index (χ4v) is 2.49. The smallest absolute Gasteiger partial charge is 0.331 e. The van der Waals surface area contributed by atoms with Gasteiger partial charge in [-0.15, -0.1) is 0 Å². The van der Waals surface area contributed by atoms with Gasteiger partial charge in [-0.3, -0.25) is 4.79 Å².